The standard InChI is InChI=1S/C29H27N9/c1-2-4-18(3-1)13-31-14-19-11-21(16-32-15-19)24-12-22-25(17-34-24)37-38-27(22)29-35-23-7-10-33-26(28(23)36-29)20-5-8-30-9-6-20/h5-12,15-18,31H,1-4,13-14H2,(H,35,36)(H,37,38). The lowest BCUT2D eigenvalue weighted by molar-refractivity contribution is 0.489. The molecule has 0 atom stereocenters. The molecule has 3 N–H and O–H groups in total. The average molecular weight is 502 g/mol. The summed E-state index contributed by atoms with van der Waals surface area (Å²) in [6, 6.07) is 10.0. The van der Waals surface area contributed by atoms with Gasteiger partial charge in [-0.2, -0.15) is 5.10 Å². The molecule has 7 rings (SSSR count). The molecule has 9 heteroatoms. The van der Waals surface area contributed by atoms with Crippen molar-refractivity contribution in [2.45, 2.75) is 32.2 Å². The van der Waals surface area contributed by atoms with Gasteiger partial charge in [0.05, 0.1) is 28.6 Å². The largest absolute Gasteiger partial charge is 0.336 e. The lowest BCUT2D eigenvalue weighted by Crippen LogP contribution is -2.20. The number of pyridine rings is 4. The first kappa shape index (κ1) is 22.7. The fourth-order valence-corrected chi connectivity index (χ4v) is 5.38. The summed E-state index contributed by atoms with van der Waals surface area (Å²) in [6.45, 7) is 1.88. The van der Waals surface area contributed by atoms with Gasteiger partial charge < -0.3 is 10.3 Å². The third-order valence-corrected chi connectivity index (χ3v) is 7.35. The third-order valence-electron chi connectivity index (χ3n) is 7.35. The van der Waals surface area contributed by atoms with Crippen LogP contribution in [-0.2, 0) is 6.54 Å². The first-order valence-corrected chi connectivity index (χ1v) is 13.1. The number of nitrogens with one attached hydrogen (secondary N) is 3. The molecule has 0 amide bonds. The number of hydrogen-bond acceptors (Lipinski definition) is 7. The Morgan fingerprint density at radius 2 is 1.74 bits per heavy atom. The minimum Gasteiger partial charge on any atom is -0.336 e. The van der Waals surface area contributed by atoms with E-state index in [1.807, 2.05) is 36.8 Å². The number of aromatic amines is 2. The van der Waals surface area contributed by atoms with E-state index in [0.717, 1.165) is 74.7 Å². The predicted molar refractivity (Wildman–Crippen MR) is 147 cm³/mol. The van der Waals surface area contributed by atoms with E-state index >= 15 is 0 Å². The maximum atomic E-state index is 4.90. The topological polar surface area (TPSA) is 121 Å². The normalized spacial score (nSPS) is 14.1. The molecular formula is C29H27N9. The second kappa shape index (κ2) is 9.75. The molecule has 0 aromatic carbocycles. The molecule has 0 unspecified atom stereocenters. The molecule has 188 valence electrons. The minimum atomic E-state index is 0.676. The Kier molecular flexibility index (Phi) is 5.82. The van der Waals surface area contributed by atoms with Crippen molar-refractivity contribution in [1.82, 2.24) is 45.4 Å². The molecule has 1 aliphatic rings. The smallest absolute Gasteiger partial charge is 0.159 e. The first-order chi connectivity index (χ1) is 18.8. The highest BCUT2D eigenvalue weighted by molar-refractivity contribution is 5.96. The van der Waals surface area contributed by atoms with Gasteiger partial charge in [-0.25, -0.2) is 4.98 Å². The number of H-pyrrole nitrogens is 2. The van der Waals surface area contributed by atoms with Crippen molar-refractivity contribution in [3.05, 3.63) is 73.1 Å². The highest BCUT2D eigenvalue weighted by Crippen LogP contribution is 2.31. The predicted octanol–water partition coefficient (Wildman–Crippen LogP) is 5.30. The van der Waals surface area contributed by atoms with E-state index in [1.54, 1.807) is 18.6 Å². The quantitative estimate of drug-likeness (QED) is 0.271. The summed E-state index contributed by atoms with van der Waals surface area (Å²) in [7, 11) is 0. The van der Waals surface area contributed by atoms with Crippen molar-refractivity contribution in [2.75, 3.05) is 6.54 Å². The summed E-state index contributed by atoms with van der Waals surface area (Å²) in [5.74, 6) is 1.49. The Hall–Kier alpha value is -4.50. The van der Waals surface area contributed by atoms with Crippen molar-refractivity contribution in [2.24, 2.45) is 5.92 Å². The highest BCUT2D eigenvalue weighted by atomic mass is 15.1. The van der Waals surface area contributed by atoms with Gasteiger partial charge in [0.2, 0.25) is 0 Å². The molecule has 6 aromatic rings. The molecule has 38 heavy (non-hydrogen) atoms. The fraction of sp³-hybridized carbons (Fsp3) is 0.241. The van der Waals surface area contributed by atoms with Crippen LogP contribution in [0.4, 0.5) is 0 Å². The van der Waals surface area contributed by atoms with Crippen LogP contribution in [0.2, 0.25) is 0 Å². The minimum absolute atomic E-state index is 0.676. The SMILES string of the molecule is c1cc(-c2nccc3[nH]c(-c4n[nH]c5cnc(-c6cncc(CNCC7CCCC7)c6)cc45)nc23)ccn1. The molecule has 0 saturated heterocycles. The monoisotopic (exact) mass is 501 g/mol. The van der Waals surface area contributed by atoms with Crippen molar-refractivity contribution >= 4 is 21.9 Å². The van der Waals surface area contributed by atoms with Crippen LogP contribution < -0.4 is 5.32 Å². The van der Waals surface area contributed by atoms with Gasteiger partial charge in [0.15, 0.2) is 5.82 Å². The zero-order valence-corrected chi connectivity index (χ0v) is 20.9. The van der Waals surface area contributed by atoms with Crippen LogP contribution in [0.15, 0.2) is 67.5 Å². The van der Waals surface area contributed by atoms with Crippen molar-refractivity contribution < 1.29 is 0 Å². The molecule has 1 fully saturated rings. The molecule has 9 nitrogen and oxygen atoms in total. The number of hydrogen-bond donors (Lipinski definition) is 3. The van der Waals surface area contributed by atoms with E-state index in [1.165, 1.54) is 25.7 Å². The van der Waals surface area contributed by atoms with Gasteiger partial charge in [-0.1, -0.05) is 12.8 Å². The van der Waals surface area contributed by atoms with E-state index in [2.05, 4.69) is 52.6 Å². The van der Waals surface area contributed by atoms with E-state index in [0.29, 0.717) is 5.82 Å². The molecule has 1 aliphatic carbocycles. The van der Waals surface area contributed by atoms with E-state index < -0.39 is 0 Å². The molecule has 0 radical (unpaired) electrons. The lowest BCUT2D eigenvalue weighted by Gasteiger charge is -2.11. The summed E-state index contributed by atoms with van der Waals surface area (Å²) >= 11 is 0. The van der Waals surface area contributed by atoms with Gasteiger partial charge in [0, 0.05) is 54.0 Å². The maximum Gasteiger partial charge on any atom is 0.159 e. The molecular weight excluding hydrogens is 474 g/mol. The second-order valence-corrected chi connectivity index (χ2v) is 9.93. The van der Waals surface area contributed by atoms with Crippen molar-refractivity contribution in [3.63, 3.8) is 0 Å². The summed E-state index contributed by atoms with van der Waals surface area (Å²) in [6.07, 6.45) is 16.3. The van der Waals surface area contributed by atoms with Crippen LogP contribution in [-0.4, -0.2) is 46.6 Å². The highest BCUT2D eigenvalue weighted by Gasteiger charge is 2.17. The van der Waals surface area contributed by atoms with E-state index in [9.17, 15) is 0 Å². The number of imidazole rings is 1. The van der Waals surface area contributed by atoms with E-state index in [4.69, 9.17) is 4.98 Å². The molecule has 6 aromatic heterocycles. The van der Waals surface area contributed by atoms with Crippen LogP contribution in [0.3, 0.4) is 0 Å². The average Bonchev–Trinajstić information content (AvgIpc) is 3.73. The van der Waals surface area contributed by atoms with Crippen molar-refractivity contribution in [1.29, 1.82) is 0 Å². The van der Waals surface area contributed by atoms with Gasteiger partial charge in [-0.3, -0.25) is 25.0 Å². The van der Waals surface area contributed by atoms with Crippen LogP contribution in [0.5, 0.6) is 0 Å². The summed E-state index contributed by atoms with van der Waals surface area (Å²) in [5, 5.41) is 12.2. The Morgan fingerprint density at radius 3 is 2.63 bits per heavy atom. The number of rotatable bonds is 7. The zero-order chi connectivity index (χ0) is 25.3. The van der Waals surface area contributed by atoms with Crippen LogP contribution in [0.1, 0.15) is 31.2 Å². The van der Waals surface area contributed by atoms with Gasteiger partial charge in [0.1, 0.15) is 11.2 Å². The van der Waals surface area contributed by atoms with Crippen LogP contribution in [0, 0.1) is 5.92 Å². The fourth-order valence-electron chi connectivity index (χ4n) is 5.38. The zero-order valence-electron chi connectivity index (χ0n) is 20.9. The van der Waals surface area contributed by atoms with Gasteiger partial charge >= 0.3 is 0 Å². The lowest BCUT2D eigenvalue weighted by atomic mass is 10.1. The third kappa shape index (κ3) is 4.31. The Labute approximate surface area is 219 Å². The molecule has 0 bridgehead atoms. The van der Waals surface area contributed by atoms with Gasteiger partial charge in [-0.05, 0) is 61.2 Å². The Bertz CT molecular complexity index is 1710. The maximum absolute atomic E-state index is 4.90. The van der Waals surface area contributed by atoms with Crippen LogP contribution in [0.25, 0.3) is 56.0 Å². The first-order valence-electron chi connectivity index (χ1n) is 13.1. The Balaban J connectivity index is 1.20. The molecule has 0 spiro atoms. The van der Waals surface area contributed by atoms with Gasteiger partial charge in [0.25, 0.3) is 0 Å². The Morgan fingerprint density at radius 1 is 0.842 bits per heavy atom. The van der Waals surface area contributed by atoms with Crippen molar-refractivity contribution in [3.8, 4) is 34.0 Å². The number of nitrogens with zero attached hydrogens (tertiary/aromatic N) is 6. The number of aromatic nitrogens is 8. The molecule has 1 saturated carbocycles. The van der Waals surface area contributed by atoms with Crippen LogP contribution >= 0.6 is 0 Å². The summed E-state index contributed by atoms with van der Waals surface area (Å²) in [4.78, 5) is 26.2. The number of fused-ring (bicyclic) bond motifs is 2. The molecule has 0 aliphatic heterocycles. The summed E-state index contributed by atoms with van der Waals surface area (Å²) < 4.78 is 0. The second-order valence-electron chi connectivity index (χ2n) is 9.93. The van der Waals surface area contributed by atoms with E-state index in [-0.39, 0.29) is 0 Å². The molecule has 6 heterocycles. The summed E-state index contributed by atoms with van der Waals surface area (Å²) in [5.41, 5.74) is 8.03. The van der Waals surface area contributed by atoms with Gasteiger partial charge in [-0.15, -0.1) is 0 Å².